The maximum absolute atomic E-state index is 12.7. The number of aliphatic hydroxyl groups excluding tert-OH is 1. The van der Waals surface area contributed by atoms with Crippen LogP contribution in [0.3, 0.4) is 0 Å². The van der Waals surface area contributed by atoms with Gasteiger partial charge in [-0.3, -0.25) is 29.0 Å². The van der Waals surface area contributed by atoms with Crippen molar-refractivity contribution in [3.8, 4) is 0 Å². The van der Waals surface area contributed by atoms with Crippen LogP contribution in [0.1, 0.15) is 32.6 Å². The van der Waals surface area contributed by atoms with Gasteiger partial charge in [0.05, 0.1) is 25.0 Å². The molecule has 0 aromatic rings. The van der Waals surface area contributed by atoms with Gasteiger partial charge in [0.1, 0.15) is 12.1 Å². The van der Waals surface area contributed by atoms with Crippen LogP contribution < -0.4 is 33.2 Å². The fourth-order valence-electron chi connectivity index (χ4n) is 2.63. The van der Waals surface area contributed by atoms with E-state index >= 15 is 0 Å². The monoisotopic (exact) mass is 505 g/mol. The largest absolute Gasteiger partial charge is 0.481 e. The maximum atomic E-state index is 12.7. The van der Waals surface area contributed by atoms with E-state index in [0.29, 0.717) is 0 Å². The lowest BCUT2D eigenvalue weighted by Crippen LogP contribution is -2.58. The van der Waals surface area contributed by atoms with Crippen molar-refractivity contribution in [3.05, 3.63) is 0 Å². The zero-order valence-electron chi connectivity index (χ0n) is 18.8. The minimum atomic E-state index is -1.75. The Hall–Kier alpha value is -3.99. The van der Waals surface area contributed by atoms with Gasteiger partial charge in [-0.2, -0.15) is 0 Å². The molecule has 0 aliphatic heterocycles. The molecule has 0 bridgehead atoms. The van der Waals surface area contributed by atoms with Crippen molar-refractivity contribution in [3.63, 3.8) is 0 Å². The van der Waals surface area contributed by atoms with Gasteiger partial charge in [0.15, 0.2) is 12.0 Å². The van der Waals surface area contributed by atoms with Crippen molar-refractivity contribution < 1.29 is 49.2 Å². The number of aliphatic hydroxyl groups is 1. The van der Waals surface area contributed by atoms with Crippen molar-refractivity contribution in [2.75, 3.05) is 6.54 Å². The Balaban J connectivity index is 5.65. The van der Waals surface area contributed by atoms with Crippen molar-refractivity contribution >= 4 is 41.6 Å². The number of carboxylic acid groups (broad SMARTS) is 3. The molecule has 3 amide bonds. The average Bonchev–Trinajstić information content (AvgIpc) is 2.71. The number of carbonyl (C=O) groups is 6. The Bertz CT molecular complexity index is 828. The van der Waals surface area contributed by atoms with Crippen LogP contribution in [0.2, 0.25) is 0 Å². The third-order valence-corrected chi connectivity index (χ3v) is 4.37. The highest BCUT2D eigenvalue weighted by molar-refractivity contribution is 5.96. The number of aliphatic carboxylic acids is 3. The molecule has 0 heterocycles. The number of carboxylic acids is 3. The molecule has 0 aromatic carbocycles. The van der Waals surface area contributed by atoms with E-state index in [0.717, 1.165) is 6.92 Å². The number of amides is 3. The summed E-state index contributed by atoms with van der Waals surface area (Å²) in [6, 6.07) is -6.50. The van der Waals surface area contributed by atoms with Crippen LogP contribution in [-0.4, -0.2) is 98.8 Å². The second-order valence-electron chi connectivity index (χ2n) is 7.44. The van der Waals surface area contributed by atoms with Gasteiger partial charge in [-0.1, -0.05) is 0 Å². The summed E-state index contributed by atoms with van der Waals surface area (Å²) in [5, 5.41) is 42.8. The molecular formula is C18H31N7O10. The minimum Gasteiger partial charge on any atom is -0.481 e. The number of hydrogen-bond donors (Lipinski definition) is 10. The Labute approximate surface area is 199 Å². The van der Waals surface area contributed by atoms with E-state index in [1.165, 1.54) is 0 Å². The van der Waals surface area contributed by atoms with Crippen molar-refractivity contribution in [1.82, 2.24) is 16.0 Å². The molecule has 5 atom stereocenters. The molecule has 0 rings (SSSR count). The van der Waals surface area contributed by atoms with E-state index in [1.54, 1.807) is 0 Å². The molecule has 0 saturated carbocycles. The van der Waals surface area contributed by atoms with Gasteiger partial charge in [0.25, 0.3) is 0 Å². The first-order chi connectivity index (χ1) is 16.1. The molecule has 0 spiro atoms. The van der Waals surface area contributed by atoms with Crippen LogP contribution in [0.4, 0.5) is 0 Å². The number of nitrogens with zero attached hydrogens (tertiary/aromatic N) is 1. The van der Waals surface area contributed by atoms with E-state index in [-0.39, 0.29) is 25.3 Å². The summed E-state index contributed by atoms with van der Waals surface area (Å²) < 4.78 is 0. The third kappa shape index (κ3) is 12.7. The summed E-state index contributed by atoms with van der Waals surface area (Å²) >= 11 is 0. The zero-order chi connectivity index (χ0) is 27.3. The quantitative estimate of drug-likeness (QED) is 0.0535. The second-order valence-corrected chi connectivity index (χ2v) is 7.44. The molecule has 0 radical (unpaired) electrons. The number of aliphatic imine (C=N–C) groups is 1. The Kier molecular flexibility index (Phi) is 13.3. The topological polar surface area (TPSA) is 310 Å². The SMILES string of the molecule is CC(O)C(NC(=O)C(CCCN=C(N)N)NC(=O)C(CC(=O)O)NC(=O)C(N)CC(=O)O)C(=O)O. The van der Waals surface area contributed by atoms with E-state index in [2.05, 4.69) is 15.6 Å². The highest BCUT2D eigenvalue weighted by Crippen LogP contribution is 2.04. The normalized spacial score (nSPS) is 14.8. The van der Waals surface area contributed by atoms with Gasteiger partial charge < -0.3 is 53.6 Å². The predicted octanol–water partition coefficient (Wildman–Crippen LogP) is -4.76. The lowest BCUT2D eigenvalue weighted by molar-refractivity contribution is -0.145. The summed E-state index contributed by atoms with van der Waals surface area (Å²) in [6.45, 7) is 1.14. The highest BCUT2D eigenvalue weighted by atomic mass is 16.4. The van der Waals surface area contributed by atoms with E-state index in [4.69, 9.17) is 32.5 Å². The van der Waals surface area contributed by atoms with Crippen LogP contribution in [0.15, 0.2) is 4.99 Å². The molecule has 0 aliphatic carbocycles. The lowest BCUT2D eigenvalue weighted by atomic mass is 10.1. The number of rotatable bonds is 16. The fourth-order valence-corrected chi connectivity index (χ4v) is 2.63. The Morgan fingerprint density at radius 2 is 1.34 bits per heavy atom. The first kappa shape index (κ1) is 31.0. The summed E-state index contributed by atoms with van der Waals surface area (Å²) in [5.41, 5.74) is 15.8. The van der Waals surface area contributed by atoms with Gasteiger partial charge in [0.2, 0.25) is 17.7 Å². The first-order valence-corrected chi connectivity index (χ1v) is 10.2. The summed E-state index contributed by atoms with van der Waals surface area (Å²) in [7, 11) is 0. The van der Waals surface area contributed by atoms with Crippen LogP contribution >= 0.6 is 0 Å². The molecule has 17 heteroatoms. The van der Waals surface area contributed by atoms with Gasteiger partial charge >= 0.3 is 17.9 Å². The van der Waals surface area contributed by atoms with Crippen LogP contribution in [-0.2, 0) is 28.8 Å². The average molecular weight is 505 g/mol. The molecule has 17 nitrogen and oxygen atoms in total. The summed E-state index contributed by atoms with van der Waals surface area (Å²) in [6.07, 6.45) is -3.26. The number of nitrogens with one attached hydrogen (secondary N) is 3. The summed E-state index contributed by atoms with van der Waals surface area (Å²) in [5.74, 6) is -8.00. The number of nitrogens with two attached hydrogens (primary N) is 3. The van der Waals surface area contributed by atoms with Gasteiger partial charge in [-0.05, 0) is 19.8 Å². The third-order valence-electron chi connectivity index (χ3n) is 4.37. The fraction of sp³-hybridized carbons (Fsp3) is 0.611. The molecule has 198 valence electrons. The Morgan fingerprint density at radius 3 is 1.80 bits per heavy atom. The molecule has 5 unspecified atom stereocenters. The lowest BCUT2D eigenvalue weighted by Gasteiger charge is -2.25. The predicted molar refractivity (Wildman–Crippen MR) is 118 cm³/mol. The number of hydrogen-bond acceptors (Lipinski definition) is 9. The van der Waals surface area contributed by atoms with E-state index in [9.17, 15) is 33.9 Å². The standard InChI is InChI=1S/C18H31N7O10/c1-7(26)13(17(34)35)25-15(32)9(3-2-4-22-18(20)21)23-16(33)10(6-12(29)30)24-14(31)8(19)5-11(27)28/h7-10,13,26H,2-6,19H2,1H3,(H,23,33)(H,24,31)(H,25,32)(H,27,28)(H,29,30)(H,34,35)(H4,20,21,22). The molecular weight excluding hydrogens is 474 g/mol. The van der Waals surface area contributed by atoms with Gasteiger partial charge in [-0.15, -0.1) is 0 Å². The maximum Gasteiger partial charge on any atom is 0.328 e. The minimum absolute atomic E-state index is 0.0279. The van der Waals surface area contributed by atoms with E-state index in [1.807, 2.05) is 5.32 Å². The van der Waals surface area contributed by atoms with Gasteiger partial charge in [0, 0.05) is 6.54 Å². The van der Waals surface area contributed by atoms with Crippen LogP contribution in [0, 0.1) is 0 Å². The van der Waals surface area contributed by atoms with Gasteiger partial charge in [-0.25, -0.2) is 4.79 Å². The first-order valence-electron chi connectivity index (χ1n) is 10.2. The molecule has 0 saturated heterocycles. The number of guanidine groups is 1. The zero-order valence-corrected chi connectivity index (χ0v) is 18.8. The molecule has 0 fully saturated rings. The van der Waals surface area contributed by atoms with Crippen molar-refractivity contribution in [1.29, 1.82) is 0 Å². The molecule has 0 aliphatic rings. The van der Waals surface area contributed by atoms with Crippen molar-refractivity contribution in [2.45, 2.75) is 62.9 Å². The molecule has 35 heavy (non-hydrogen) atoms. The number of carbonyl (C=O) groups excluding carboxylic acids is 3. The Morgan fingerprint density at radius 1 is 0.829 bits per heavy atom. The highest BCUT2D eigenvalue weighted by Gasteiger charge is 2.32. The second kappa shape index (κ2) is 15.0. The smallest absolute Gasteiger partial charge is 0.328 e. The van der Waals surface area contributed by atoms with E-state index < -0.39 is 78.7 Å². The summed E-state index contributed by atoms with van der Waals surface area (Å²) in [4.78, 5) is 74.3. The van der Waals surface area contributed by atoms with Crippen LogP contribution in [0.25, 0.3) is 0 Å². The molecule has 13 N–H and O–H groups in total. The van der Waals surface area contributed by atoms with Crippen molar-refractivity contribution in [2.24, 2.45) is 22.2 Å². The molecule has 0 aromatic heterocycles. The van der Waals surface area contributed by atoms with Crippen LogP contribution in [0.5, 0.6) is 0 Å².